The van der Waals surface area contributed by atoms with Crippen LogP contribution in [0.25, 0.3) is 0 Å². The Labute approximate surface area is 166 Å². The van der Waals surface area contributed by atoms with Crippen molar-refractivity contribution in [2.45, 2.75) is 33.4 Å². The molecule has 0 amide bonds. The van der Waals surface area contributed by atoms with Crippen LogP contribution in [0.4, 0.5) is 0 Å². The number of piperazine rings is 1. The number of aromatic amines is 1. The summed E-state index contributed by atoms with van der Waals surface area (Å²) in [6.45, 7) is 10.8. The Bertz CT molecular complexity index is 836. The molecular formula is C22H31N3O3+2. The zero-order chi connectivity index (χ0) is 20.3. The molecule has 1 aliphatic rings. The van der Waals surface area contributed by atoms with Gasteiger partial charge in [0.1, 0.15) is 44.5 Å². The van der Waals surface area contributed by atoms with E-state index in [4.69, 9.17) is 4.74 Å². The van der Waals surface area contributed by atoms with E-state index < -0.39 is 5.97 Å². The van der Waals surface area contributed by atoms with Gasteiger partial charge in [0, 0.05) is 16.8 Å². The van der Waals surface area contributed by atoms with Crippen molar-refractivity contribution in [3.63, 3.8) is 0 Å². The molecule has 2 aromatic rings. The van der Waals surface area contributed by atoms with Crippen molar-refractivity contribution < 1.29 is 24.1 Å². The van der Waals surface area contributed by atoms with Crippen LogP contribution in [-0.2, 0) is 11.3 Å². The van der Waals surface area contributed by atoms with Gasteiger partial charge in [0.2, 0.25) is 5.78 Å². The van der Waals surface area contributed by atoms with Crippen LogP contribution in [0.2, 0.25) is 0 Å². The van der Waals surface area contributed by atoms with E-state index in [0.717, 1.165) is 38.4 Å². The minimum Gasteiger partial charge on any atom is -0.464 e. The van der Waals surface area contributed by atoms with E-state index in [9.17, 15) is 9.59 Å². The molecule has 1 aliphatic heterocycles. The fourth-order valence-corrected chi connectivity index (χ4v) is 4.25. The van der Waals surface area contributed by atoms with E-state index in [1.807, 2.05) is 26.8 Å². The number of H-pyrrole nitrogens is 1. The number of hydrogen-bond acceptors (Lipinski definition) is 3. The van der Waals surface area contributed by atoms with Crippen LogP contribution in [0.5, 0.6) is 0 Å². The molecular weight excluding hydrogens is 354 g/mol. The lowest BCUT2D eigenvalue weighted by Crippen LogP contribution is -3.29. The molecule has 1 atom stereocenters. The average molecular weight is 386 g/mol. The number of methoxy groups -OCH3 is 1. The van der Waals surface area contributed by atoms with Gasteiger partial charge in [-0.05, 0) is 26.3 Å². The Morgan fingerprint density at radius 1 is 1.11 bits per heavy atom. The quantitative estimate of drug-likeness (QED) is 0.483. The number of ether oxygens (including phenoxy) is 1. The van der Waals surface area contributed by atoms with Crippen LogP contribution in [0.1, 0.15) is 44.6 Å². The summed E-state index contributed by atoms with van der Waals surface area (Å²) in [7, 11) is 1.35. The number of esters is 1. The Hall–Kier alpha value is -2.44. The molecule has 3 N–H and O–H groups in total. The molecule has 3 rings (SSSR count). The minimum absolute atomic E-state index is 0.0999. The fraction of sp³-hybridized carbons (Fsp3) is 0.455. The Kier molecular flexibility index (Phi) is 6.31. The summed E-state index contributed by atoms with van der Waals surface area (Å²) in [4.78, 5) is 31.0. The fourth-order valence-electron chi connectivity index (χ4n) is 4.25. The topological polar surface area (TPSA) is 68.0 Å². The smallest absolute Gasteiger partial charge is 0.354 e. The van der Waals surface area contributed by atoms with E-state index in [1.54, 1.807) is 4.90 Å². The highest BCUT2D eigenvalue weighted by molar-refractivity contribution is 6.04. The summed E-state index contributed by atoms with van der Waals surface area (Å²) in [5, 5.41) is 0. The van der Waals surface area contributed by atoms with Crippen molar-refractivity contribution in [3.05, 3.63) is 58.4 Å². The minimum atomic E-state index is -0.433. The predicted molar refractivity (Wildman–Crippen MR) is 107 cm³/mol. The first-order valence-electron chi connectivity index (χ1n) is 9.96. The van der Waals surface area contributed by atoms with Crippen molar-refractivity contribution in [1.29, 1.82) is 0 Å². The summed E-state index contributed by atoms with van der Waals surface area (Å²) in [6.07, 6.45) is 0. The van der Waals surface area contributed by atoms with E-state index in [1.165, 1.54) is 17.6 Å². The molecule has 0 radical (unpaired) electrons. The molecule has 0 unspecified atom stereocenters. The summed E-state index contributed by atoms with van der Waals surface area (Å²) < 4.78 is 4.81. The van der Waals surface area contributed by atoms with E-state index in [2.05, 4.69) is 29.2 Å². The second-order valence-corrected chi connectivity index (χ2v) is 7.77. The van der Waals surface area contributed by atoms with Gasteiger partial charge in [-0.25, -0.2) is 4.79 Å². The first-order valence-corrected chi connectivity index (χ1v) is 9.96. The molecule has 1 aromatic carbocycles. The van der Waals surface area contributed by atoms with Crippen molar-refractivity contribution in [1.82, 2.24) is 4.98 Å². The summed E-state index contributed by atoms with van der Waals surface area (Å²) in [5.41, 5.74) is 3.80. The molecule has 0 saturated carbocycles. The number of nitrogens with one attached hydrogen (secondary N) is 3. The zero-order valence-electron chi connectivity index (χ0n) is 17.2. The number of ketones is 1. The summed E-state index contributed by atoms with van der Waals surface area (Å²) in [5.74, 6) is -0.333. The first kappa shape index (κ1) is 20.3. The molecule has 1 saturated heterocycles. The van der Waals surface area contributed by atoms with Gasteiger partial charge in [0.05, 0.1) is 7.11 Å². The Morgan fingerprint density at radius 2 is 1.75 bits per heavy atom. The SMILES string of the molecule is COC(=O)c1[nH]c(C)c(C(=O)[C@H](C)[NH+]2CC[NH+](Cc3ccccc3)CC2)c1C. The van der Waals surface area contributed by atoms with Gasteiger partial charge in [-0.2, -0.15) is 0 Å². The van der Waals surface area contributed by atoms with Crippen LogP contribution in [0.3, 0.4) is 0 Å². The third-order valence-electron chi connectivity index (χ3n) is 5.98. The van der Waals surface area contributed by atoms with Crippen molar-refractivity contribution in [3.8, 4) is 0 Å². The van der Waals surface area contributed by atoms with Gasteiger partial charge in [0.15, 0.2) is 0 Å². The summed E-state index contributed by atoms with van der Waals surface area (Å²) in [6, 6.07) is 10.4. The molecule has 28 heavy (non-hydrogen) atoms. The van der Waals surface area contributed by atoms with Crippen molar-refractivity contribution >= 4 is 11.8 Å². The molecule has 0 bridgehead atoms. The standard InChI is InChI=1S/C22H29N3O3/c1-15-19(16(2)23-20(15)22(27)28-4)21(26)17(3)25-12-10-24(11-13-25)14-18-8-6-5-7-9-18/h5-9,17,23H,10-14H2,1-4H3/p+2/t17-/m0/s1. The number of carbonyl (C=O) groups is 2. The largest absolute Gasteiger partial charge is 0.464 e. The third kappa shape index (κ3) is 4.18. The molecule has 6 nitrogen and oxygen atoms in total. The van der Waals surface area contributed by atoms with E-state index >= 15 is 0 Å². The van der Waals surface area contributed by atoms with Gasteiger partial charge in [0.25, 0.3) is 0 Å². The molecule has 0 spiro atoms. The number of carbonyl (C=O) groups excluding carboxylic acids is 2. The van der Waals surface area contributed by atoms with E-state index in [0.29, 0.717) is 16.8 Å². The number of quaternary nitrogens is 2. The van der Waals surface area contributed by atoms with Crippen LogP contribution >= 0.6 is 0 Å². The highest BCUT2D eigenvalue weighted by Gasteiger charge is 2.34. The van der Waals surface area contributed by atoms with Crippen LogP contribution in [0.15, 0.2) is 30.3 Å². The number of aromatic nitrogens is 1. The lowest BCUT2D eigenvalue weighted by atomic mass is 9.99. The van der Waals surface area contributed by atoms with Crippen LogP contribution < -0.4 is 9.80 Å². The number of aryl methyl sites for hydroxylation is 1. The highest BCUT2D eigenvalue weighted by atomic mass is 16.5. The molecule has 1 aromatic heterocycles. The van der Waals surface area contributed by atoms with Gasteiger partial charge in [-0.15, -0.1) is 0 Å². The van der Waals surface area contributed by atoms with Gasteiger partial charge < -0.3 is 19.5 Å². The third-order valence-corrected chi connectivity index (χ3v) is 5.98. The van der Waals surface area contributed by atoms with Gasteiger partial charge in [-0.1, -0.05) is 30.3 Å². The monoisotopic (exact) mass is 385 g/mol. The second-order valence-electron chi connectivity index (χ2n) is 7.77. The lowest BCUT2D eigenvalue weighted by Gasteiger charge is -2.32. The Balaban J connectivity index is 1.64. The molecule has 150 valence electrons. The average Bonchev–Trinajstić information content (AvgIpc) is 3.01. The maximum Gasteiger partial charge on any atom is 0.354 e. The molecule has 2 heterocycles. The molecule has 6 heteroatoms. The predicted octanol–water partition coefficient (Wildman–Crippen LogP) is -0.0271. The molecule has 0 aliphatic carbocycles. The van der Waals surface area contributed by atoms with Gasteiger partial charge >= 0.3 is 5.97 Å². The van der Waals surface area contributed by atoms with Crippen LogP contribution in [0, 0.1) is 13.8 Å². The number of Topliss-reactive ketones (excluding diaryl/α,β-unsaturated/α-hetero) is 1. The zero-order valence-corrected chi connectivity index (χ0v) is 17.2. The maximum absolute atomic E-state index is 13.2. The summed E-state index contributed by atoms with van der Waals surface area (Å²) >= 11 is 0. The Morgan fingerprint density at radius 3 is 2.36 bits per heavy atom. The number of benzene rings is 1. The van der Waals surface area contributed by atoms with Crippen molar-refractivity contribution in [2.24, 2.45) is 0 Å². The molecule has 1 fully saturated rings. The maximum atomic E-state index is 13.2. The normalized spacial score (nSPS) is 20.6. The van der Waals surface area contributed by atoms with E-state index in [-0.39, 0.29) is 11.8 Å². The highest BCUT2D eigenvalue weighted by Crippen LogP contribution is 2.20. The second kappa shape index (κ2) is 8.71. The van der Waals surface area contributed by atoms with Crippen molar-refractivity contribution in [2.75, 3.05) is 33.3 Å². The lowest BCUT2D eigenvalue weighted by molar-refractivity contribution is -1.02. The van der Waals surface area contributed by atoms with Gasteiger partial charge in [-0.3, -0.25) is 4.79 Å². The van der Waals surface area contributed by atoms with Crippen LogP contribution in [-0.4, -0.2) is 56.1 Å². The number of rotatable bonds is 6. The number of hydrogen-bond donors (Lipinski definition) is 3. The first-order chi connectivity index (χ1) is 13.4.